The molecule has 2 amide bonds. The zero-order chi connectivity index (χ0) is 18.2. The normalized spacial score (nSPS) is 19.8. The molecule has 2 N–H and O–H groups in total. The van der Waals surface area contributed by atoms with E-state index in [1.165, 1.54) is 47.8 Å². The van der Waals surface area contributed by atoms with E-state index >= 15 is 0 Å². The predicted octanol–water partition coefficient (Wildman–Crippen LogP) is 3.60. The fourth-order valence-electron chi connectivity index (χ4n) is 2.32. The fraction of sp³-hybridized carbons (Fsp3) is 0.562. The van der Waals surface area contributed by atoms with E-state index in [2.05, 4.69) is 36.6 Å². The van der Waals surface area contributed by atoms with E-state index in [1.54, 1.807) is 0 Å². The second-order valence-electron chi connectivity index (χ2n) is 7.11. The molecule has 0 bridgehead atoms. The minimum absolute atomic E-state index is 0.129. The van der Waals surface area contributed by atoms with Gasteiger partial charge in [0, 0.05) is 23.0 Å². The maximum absolute atomic E-state index is 12.3. The molecule has 1 saturated carbocycles. The van der Waals surface area contributed by atoms with Crippen molar-refractivity contribution in [2.24, 2.45) is 11.0 Å². The highest BCUT2D eigenvalue weighted by atomic mass is 32.2. The molecule has 25 heavy (non-hydrogen) atoms. The lowest BCUT2D eigenvalue weighted by atomic mass is 9.94. The summed E-state index contributed by atoms with van der Waals surface area (Å²) in [7, 11) is 1.33. The Kier molecular flexibility index (Phi) is 4.97. The smallest absolute Gasteiger partial charge is 0.350 e. The topological polar surface area (TPSA) is 83.0 Å². The summed E-state index contributed by atoms with van der Waals surface area (Å²) < 4.78 is 6.29. The van der Waals surface area contributed by atoms with Gasteiger partial charge in [0.05, 0.1) is 18.0 Å². The van der Waals surface area contributed by atoms with Crippen molar-refractivity contribution in [3.63, 3.8) is 0 Å². The van der Waals surface area contributed by atoms with Crippen LogP contribution in [0, 0.1) is 5.92 Å². The predicted molar refractivity (Wildman–Crippen MR) is 101 cm³/mol. The average Bonchev–Trinajstić information content (AvgIpc) is 3.13. The number of urea groups is 1. The minimum atomic E-state index is -0.460. The molecule has 2 aliphatic rings. The molecule has 1 aromatic rings. The van der Waals surface area contributed by atoms with Crippen molar-refractivity contribution in [2.75, 3.05) is 12.4 Å². The van der Waals surface area contributed by atoms with Gasteiger partial charge in [-0.3, -0.25) is 0 Å². The molecule has 0 aromatic carbocycles. The number of hydrogen-bond acceptors (Lipinski definition) is 7. The van der Waals surface area contributed by atoms with Crippen molar-refractivity contribution in [1.82, 2.24) is 9.95 Å². The first-order chi connectivity index (χ1) is 11.8. The first-order valence-electron chi connectivity index (χ1n) is 8.09. The molecule has 1 fully saturated rings. The molecule has 1 aliphatic carbocycles. The fourth-order valence-corrected chi connectivity index (χ4v) is 4.44. The van der Waals surface area contributed by atoms with Crippen molar-refractivity contribution in [3.05, 3.63) is 15.8 Å². The van der Waals surface area contributed by atoms with E-state index in [9.17, 15) is 9.59 Å². The number of ether oxygens (including phenoxy) is 1. The van der Waals surface area contributed by atoms with Gasteiger partial charge in [-0.05, 0) is 30.2 Å². The van der Waals surface area contributed by atoms with Crippen LogP contribution in [0.15, 0.2) is 11.2 Å². The largest absolute Gasteiger partial charge is 0.465 e. The van der Waals surface area contributed by atoms with Gasteiger partial charge in [0.25, 0.3) is 0 Å². The summed E-state index contributed by atoms with van der Waals surface area (Å²) in [6.07, 6.45) is 4.30. The van der Waals surface area contributed by atoms with E-state index in [0.717, 1.165) is 4.88 Å². The van der Waals surface area contributed by atoms with E-state index in [0.29, 0.717) is 21.7 Å². The molecule has 1 aromatic heterocycles. The van der Waals surface area contributed by atoms with Gasteiger partial charge in [-0.1, -0.05) is 20.8 Å². The molecule has 0 spiro atoms. The van der Waals surface area contributed by atoms with Gasteiger partial charge in [0.1, 0.15) is 4.88 Å². The summed E-state index contributed by atoms with van der Waals surface area (Å²) in [5.41, 5.74) is 2.99. The van der Waals surface area contributed by atoms with Crippen LogP contribution in [0.4, 0.5) is 10.5 Å². The van der Waals surface area contributed by atoms with Gasteiger partial charge < -0.3 is 10.1 Å². The number of hydrazone groups is 1. The number of nitrogens with one attached hydrogen (secondary N) is 2. The Morgan fingerprint density at radius 1 is 1.36 bits per heavy atom. The molecule has 0 radical (unpaired) electrons. The Balaban J connectivity index is 1.66. The molecule has 136 valence electrons. The zero-order valence-electron chi connectivity index (χ0n) is 14.7. The summed E-state index contributed by atoms with van der Waals surface area (Å²) in [6.45, 7) is 6.16. The maximum Gasteiger partial charge on any atom is 0.350 e. The second-order valence-corrected chi connectivity index (χ2v) is 9.26. The van der Waals surface area contributed by atoms with Crippen LogP contribution in [0.1, 0.15) is 48.2 Å². The van der Waals surface area contributed by atoms with Gasteiger partial charge in [-0.25, -0.2) is 15.0 Å². The van der Waals surface area contributed by atoms with Gasteiger partial charge in [0.2, 0.25) is 0 Å². The van der Waals surface area contributed by atoms with E-state index < -0.39 is 12.0 Å². The summed E-state index contributed by atoms with van der Waals surface area (Å²) in [6, 6.07) is 1.38. The van der Waals surface area contributed by atoms with Crippen LogP contribution in [0.5, 0.6) is 0 Å². The maximum atomic E-state index is 12.3. The van der Waals surface area contributed by atoms with E-state index in [-0.39, 0.29) is 5.41 Å². The van der Waals surface area contributed by atoms with Crippen LogP contribution >= 0.6 is 23.3 Å². The SMILES string of the molecule is COC(=O)c1sc(C(C)(C)C)cc1NC(=O)NN1N=CC(C2CC2)S1. The minimum Gasteiger partial charge on any atom is -0.465 e. The molecule has 0 saturated heterocycles. The molecule has 1 unspecified atom stereocenters. The van der Waals surface area contributed by atoms with Crippen molar-refractivity contribution in [1.29, 1.82) is 0 Å². The zero-order valence-corrected chi connectivity index (χ0v) is 16.3. The highest BCUT2D eigenvalue weighted by Crippen LogP contribution is 2.41. The van der Waals surface area contributed by atoms with Crippen molar-refractivity contribution in [3.8, 4) is 0 Å². The number of hydrogen-bond donors (Lipinski definition) is 2. The van der Waals surface area contributed by atoms with Crippen molar-refractivity contribution >= 4 is 47.2 Å². The van der Waals surface area contributed by atoms with Gasteiger partial charge in [0.15, 0.2) is 0 Å². The Morgan fingerprint density at radius 2 is 2.08 bits per heavy atom. The molecule has 3 rings (SSSR count). The van der Waals surface area contributed by atoms with Crippen LogP contribution in [0.2, 0.25) is 0 Å². The third-order valence-corrected chi connectivity index (χ3v) is 6.59. The standard InChI is InChI=1S/C16H22N4O3S2/c1-16(2,3)12-7-10(13(24-12)14(21)23-4)18-15(22)19-20-17-8-11(25-20)9-5-6-9/h7-9,11H,5-6H2,1-4H3,(H2,18,19,22). The Hall–Kier alpha value is -1.74. The van der Waals surface area contributed by atoms with Crippen molar-refractivity contribution in [2.45, 2.75) is 44.3 Å². The van der Waals surface area contributed by atoms with Crippen LogP contribution in [0.25, 0.3) is 0 Å². The lowest BCUT2D eigenvalue weighted by Crippen LogP contribution is -2.36. The molecule has 9 heteroatoms. The summed E-state index contributed by atoms with van der Waals surface area (Å²) in [5.74, 6) is 0.207. The number of esters is 1. The monoisotopic (exact) mass is 382 g/mol. The van der Waals surface area contributed by atoms with Gasteiger partial charge in [-0.15, -0.1) is 15.9 Å². The quantitative estimate of drug-likeness (QED) is 0.614. The lowest BCUT2D eigenvalue weighted by Gasteiger charge is -2.16. The highest BCUT2D eigenvalue weighted by molar-refractivity contribution is 7.98. The average molecular weight is 383 g/mol. The van der Waals surface area contributed by atoms with Gasteiger partial charge in [-0.2, -0.15) is 5.10 Å². The second kappa shape index (κ2) is 6.87. The van der Waals surface area contributed by atoms with Crippen LogP contribution in [-0.2, 0) is 10.2 Å². The number of methoxy groups -OCH3 is 1. The van der Waals surface area contributed by atoms with Crippen LogP contribution in [0.3, 0.4) is 0 Å². The molecule has 2 heterocycles. The van der Waals surface area contributed by atoms with Crippen LogP contribution < -0.4 is 10.7 Å². The summed E-state index contributed by atoms with van der Waals surface area (Å²) in [4.78, 5) is 25.7. The van der Waals surface area contributed by atoms with Crippen LogP contribution in [-0.4, -0.2) is 35.1 Å². The molecular formula is C16H22N4O3S2. The number of anilines is 1. The molecular weight excluding hydrogens is 360 g/mol. The molecule has 1 atom stereocenters. The van der Waals surface area contributed by atoms with Gasteiger partial charge >= 0.3 is 12.0 Å². The molecule has 7 nitrogen and oxygen atoms in total. The number of carbonyl (C=O) groups is 2. The Bertz CT molecular complexity index is 707. The third kappa shape index (κ3) is 4.27. The Labute approximate surface area is 155 Å². The number of rotatable bonds is 4. The van der Waals surface area contributed by atoms with E-state index in [1.807, 2.05) is 12.3 Å². The number of hydrazine groups is 1. The summed E-state index contributed by atoms with van der Waals surface area (Å²) in [5, 5.41) is 7.26. The number of carbonyl (C=O) groups excluding carboxylic acids is 2. The van der Waals surface area contributed by atoms with E-state index in [4.69, 9.17) is 4.74 Å². The van der Waals surface area contributed by atoms with Crippen molar-refractivity contribution < 1.29 is 14.3 Å². The summed E-state index contributed by atoms with van der Waals surface area (Å²) >= 11 is 2.83. The Morgan fingerprint density at radius 3 is 2.68 bits per heavy atom. The first kappa shape index (κ1) is 18.1. The highest BCUT2D eigenvalue weighted by Gasteiger charge is 2.35. The third-order valence-electron chi connectivity index (χ3n) is 3.91. The number of nitrogens with zero attached hydrogens (tertiary/aromatic N) is 2. The first-order valence-corrected chi connectivity index (χ1v) is 9.74. The number of thiophene rings is 1. The number of amides is 2. The molecule has 1 aliphatic heterocycles. The lowest BCUT2D eigenvalue weighted by molar-refractivity contribution is 0.0607.